The average Bonchev–Trinajstić information content (AvgIpc) is 3.42. The van der Waals surface area contributed by atoms with Gasteiger partial charge >= 0.3 is 0 Å². The molecule has 1 aromatic carbocycles. The van der Waals surface area contributed by atoms with E-state index in [1.54, 1.807) is 52.7 Å². The smallest absolute Gasteiger partial charge is 0.261 e. The molecule has 0 bridgehead atoms. The molecule has 9 heteroatoms. The standard InChI is InChI=1S/C22H17FN6OS/c1-13(2)29-11-16(20(28-29)15-7-3-4-8-17(15)23)21(30)27-22-26-19(12-31-22)18-9-5-6-14(10-24)25-18/h3-9,11-13H,1-2H3,(H,26,27,30). The molecule has 1 N–H and O–H groups in total. The highest BCUT2D eigenvalue weighted by Crippen LogP contribution is 2.28. The maximum absolute atomic E-state index is 14.4. The Morgan fingerprint density at radius 3 is 2.71 bits per heavy atom. The van der Waals surface area contributed by atoms with E-state index in [-0.39, 0.29) is 28.6 Å². The Labute approximate surface area is 181 Å². The van der Waals surface area contributed by atoms with Crippen molar-refractivity contribution in [2.24, 2.45) is 0 Å². The summed E-state index contributed by atoms with van der Waals surface area (Å²) in [5.74, 6) is -0.893. The number of anilines is 1. The van der Waals surface area contributed by atoms with Crippen molar-refractivity contribution in [1.29, 1.82) is 5.26 Å². The minimum atomic E-state index is -0.453. The number of thiazole rings is 1. The van der Waals surface area contributed by atoms with E-state index < -0.39 is 11.7 Å². The Kier molecular flexibility index (Phi) is 5.56. The van der Waals surface area contributed by atoms with E-state index in [0.29, 0.717) is 16.5 Å². The first kappa shape index (κ1) is 20.4. The van der Waals surface area contributed by atoms with Gasteiger partial charge in [0.15, 0.2) is 5.13 Å². The van der Waals surface area contributed by atoms with Crippen molar-refractivity contribution in [3.05, 3.63) is 71.1 Å². The molecule has 3 heterocycles. The maximum atomic E-state index is 14.4. The third-order valence-corrected chi connectivity index (χ3v) is 5.24. The van der Waals surface area contributed by atoms with Crippen LogP contribution in [-0.2, 0) is 0 Å². The summed E-state index contributed by atoms with van der Waals surface area (Å²) in [7, 11) is 0. The highest BCUT2D eigenvalue weighted by molar-refractivity contribution is 7.14. The quantitative estimate of drug-likeness (QED) is 0.483. The lowest BCUT2D eigenvalue weighted by molar-refractivity contribution is 0.102. The van der Waals surface area contributed by atoms with E-state index in [4.69, 9.17) is 5.26 Å². The minimum absolute atomic E-state index is 0.00276. The number of halogens is 1. The van der Waals surface area contributed by atoms with Gasteiger partial charge in [-0.2, -0.15) is 10.4 Å². The molecule has 154 valence electrons. The predicted octanol–water partition coefficient (Wildman–Crippen LogP) is 4.91. The SMILES string of the molecule is CC(C)n1cc(C(=O)Nc2nc(-c3cccc(C#N)n3)cs2)c(-c2ccccc2F)n1. The number of carbonyl (C=O) groups excluding carboxylic acids is 1. The molecule has 0 saturated carbocycles. The Morgan fingerprint density at radius 2 is 1.97 bits per heavy atom. The maximum Gasteiger partial charge on any atom is 0.261 e. The average molecular weight is 432 g/mol. The minimum Gasteiger partial charge on any atom is -0.298 e. The second kappa shape index (κ2) is 8.45. The first-order chi connectivity index (χ1) is 15.0. The molecule has 4 rings (SSSR count). The second-order valence-corrected chi connectivity index (χ2v) is 7.81. The van der Waals surface area contributed by atoms with Crippen molar-refractivity contribution in [3.63, 3.8) is 0 Å². The van der Waals surface area contributed by atoms with Gasteiger partial charge in [0.25, 0.3) is 5.91 Å². The molecule has 0 spiro atoms. The van der Waals surface area contributed by atoms with Crippen LogP contribution in [0.1, 0.15) is 35.9 Å². The summed E-state index contributed by atoms with van der Waals surface area (Å²) >= 11 is 1.23. The van der Waals surface area contributed by atoms with Gasteiger partial charge in [-0.25, -0.2) is 14.4 Å². The summed E-state index contributed by atoms with van der Waals surface area (Å²) in [6, 6.07) is 13.3. The first-order valence-electron chi connectivity index (χ1n) is 9.44. The number of rotatable bonds is 5. The number of hydrogen-bond donors (Lipinski definition) is 1. The van der Waals surface area contributed by atoms with E-state index in [1.807, 2.05) is 19.9 Å². The van der Waals surface area contributed by atoms with Crippen LogP contribution in [0.3, 0.4) is 0 Å². The van der Waals surface area contributed by atoms with E-state index in [2.05, 4.69) is 20.4 Å². The summed E-state index contributed by atoms with van der Waals surface area (Å²) in [5, 5.41) is 18.3. The fraction of sp³-hybridized carbons (Fsp3) is 0.136. The Balaban J connectivity index is 1.64. The van der Waals surface area contributed by atoms with Gasteiger partial charge in [0.05, 0.1) is 11.3 Å². The van der Waals surface area contributed by atoms with Crippen LogP contribution in [-0.4, -0.2) is 25.7 Å². The van der Waals surface area contributed by atoms with Crippen LogP contribution in [0.25, 0.3) is 22.6 Å². The van der Waals surface area contributed by atoms with Gasteiger partial charge in [-0.15, -0.1) is 11.3 Å². The fourth-order valence-corrected chi connectivity index (χ4v) is 3.63. The summed E-state index contributed by atoms with van der Waals surface area (Å²) in [6.45, 7) is 3.85. The van der Waals surface area contributed by atoms with E-state index in [1.165, 1.54) is 17.4 Å². The molecule has 31 heavy (non-hydrogen) atoms. The molecule has 1 amide bonds. The molecular weight excluding hydrogens is 415 g/mol. The van der Waals surface area contributed by atoms with E-state index >= 15 is 0 Å². The van der Waals surface area contributed by atoms with Gasteiger partial charge in [-0.3, -0.25) is 14.8 Å². The fourth-order valence-electron chi connectivity index (χ4n) is 2.93. The molecule has 7 nitrogen and oxygen atoms in total. The lowest BCUT2D eigenvalue weighted by Gasteiger charge is -2.04. The number of hydrogen-bond acceptors (Lipinski definition) is 6. The van der Waals surface area contributed by atoms with Crippen molar-refractivity contribution in [2.45, 2.75) is 19.9 Å². The Hall–Kier alpha value is -3.90. The second-order valence-electron chi connectivity index (χ2n) is 6.96. The van der Waals surface area contributed by atoms with Crippen molar-refractivity contribution in [1.82, 2.24) is 19.7 Å². The molecular formula is C22H17FN6OS. The monoisotopic (exact) mass is 432 g/mol. The molecule has 0 aliphatic heterocycles. The number of carbonyl (C=O) groups is 1. The van der Waals surface area contributed by atoms with Crippen LogP contribution in [0.15, 0.2) is 54.0 Å². The molecule has 0 aliphatic carbocycles. The van der Waals surface area contributed by atoms with Gasteiger partial charge in [0.2, 0.25) is 0 Å². The van der Waals surface area contributed by atoms with Gasteiger partial charge in [0, 0.05) is 23.2 Å². The van der Waals surface area contributed by atoms with Crippen molar-refractivity contribution in [2.75, 3.05) is 5.32 Å². The number of pyridine rings is 1. The summed E-state index contributed by atoms with van der Waals surface area (Å²) in [6.07, 6.45) is 1.61. The van der Waals surface area contributed by atoms with Crippen molar-refractivity contribution in [3.8, 4) is 28.7 Å². The van der Waals surface area contributed by atoms with Crippen LogP contribution >= 0.6 is 11.3 Å². The molecule has 0 radical (unpaired) electrons. The van der Waals surface area contributed by atoms with E-state index in [9.17, 15) is 9.18 Å². The number of aromatic nitrogens is 4. The van der Waals surface area contributed by atoms with Crippen molar-refractivity contribution < 1.29 is 9.18 Å². The van der Waals surface area contributed by atoms with Crippen LogP contribution in [0, 0.1) is 17.1 Å². The molecule has 3 aromatic heterocycles. The molecule has 0 unspecified atom stereocenters. The third-order valence-electron chi connectivity index (χ3n) is 4.49. The van der Waals surface area contributed by atoms with Gasteiger partial charge < -0.3 is 0 Å². The van der Waals surface area contributed by atoms with Crippen LogP contribution in [0.2, 0.25) is 0 Å². The Morgan fingerprint density at radius 1 is 1.16 bits per heavy atom. The van der Waals surface area contributed by atoms with Crippen molar-refractivity contribution >= 4 is 22.4 Å². The van der Waals surface area contributed by atoms with Gasteiger partial charge in [-0.05, 0) is 38.1 Å². The van der Waals surface area contributed by atoms with Crippen LogP contribution in [0.4, 0.5) is 9.52 Å². The molecule has 4 aromatic rings. The number of nitriles is 1. The lowest BCUT2D eigenvalue weighted by atomic mass is 10.1. The zero-order valence-corrected chi connectivity index (χ0v) is 17.5. The normalized spacial score (nSPS) is 10.8. The highest BCUT2D eigenvalue weighted by atomic mass is 32.1. The zero-order chi connectivity index (χ0) is 22.0. The topological polar surface area (TPSA) is 96.5 Å². The summed E-state index contributed by atoms with van der Waals surface area (Å²) in [5.41, 5.74) is 2.14. The van der Waals surface area contributed by atoms with Gasteiger partial charge in [-0.1, -0.05) is 18.2 Å². The summed E-state index contributed by atoms with van der Waals surface area (Å²) in [4.78, 5) is 21.6. The van der Waals surface area contributed by atoms with Crippen LogP contribution < -0.4 is 5.32 Å². The van der Waals surface area contributed by atoms with E-state index in [0.717, 1.165) is 0 Å². The number of nitrogens with one attached hydrogen (secondary N) is 1. The van der Waals surface area contributed by atoms with Crippen LogP contribution in [0.5, 0.6) is 0 Å². The molecule has 0 fully saturated rings. The highest BCUT2D eigenvalue weighted by Gasteiger charge is 2.22. The first-order valence-corrected chi connectivity index (χ1v) is 10.3. The van der Waals surface area contributed by atoms with Gasteiger partial charge in [0.1, 0.15) is 29.0 Å². The number of benzene rings is 1. The number of nitrogens with zero attached hydrogens (tertiary/aromatic N) is 5. The molecule has 0 aliphatic rings. The largest absolute Gasteiger partial charge is 0.298 e. The third kappa shape index (κ3) is 4.20. The predicted molar refractivity (Wildman–Crippen MR) is 116 cm³/mol. The molecule has 0 atom stereocenters. The Bertz CT molecular complexity index is 1300. The molecule has 0 saturated heterocycles. The number of amides is 1. The lowest BCUT2D eigenvalue weighted by Crippen LogP contribution is -2.12. The summed E-state index contributed by atoms with van der Waals surface area (Å²) < 4.78 is 16.0. The zero-order valence-electron chi connectivity index (χ0n) is 16.7.